The van der Waals surface area contributed by atoms with Gasteiger partial charge >= 0.3 is 17.9 Å². The van der Waals surface area contributed by atoms with E-state index in [1.807, 2.05) is 0 Å². The molecule has 0 spiro atoms. The first kappa shape index (κ1) is 39.2. The van der Waals surface area contributed by atoms with Crippen LogP contribution < -0.4 is 5.32 Å². The van der Waals surface area contributed by atoms with Crippen LogP contribution in [-0.4, -0.2) is 65.2 Å². The summed E-state index contributed by atoms with van der Waals surface area (Å²) in [6.07, 6.45) is 7.17. The van der Waals surface area contributed by atoms with Crippen molar-refractivity contribution in [2.24, 2.45) is 61.2 Å². The molecule has 5 rings (SSSR count). The lowest BCUT2D eigenvalue weighted by atomic mass is 9.33. The van der Waals surface area contributed by atoms with E-state index in [0.717, 1.165) is 56.9 Å². The number of carbonyl (C=O) groups excluding carboxylic acids is 3. The van der Waals surface area contributed by atoms with E-state index in [0.29, 0.717) is 24.0 Å². The Hall–Kier alpha value is -3.04. The number of Topliss-reactive ketones (excluding diaryl/α,β-unsaturated/α-hetero) is 1. The normalized spacial score (nSPS) is 37.5. The zero-order valence-corrected chi connectivity index (χ0v) is 32.7. The van der Waals surface area contributed by atoms with E-state index in [2.05, 4.69) is 53.8 Å². The lowest BCUT2D eigenvalue weighted by Crippen LogP contribution is -2.66. The van der Waals surface area contributed by atoms with Crippen molar-refractivity contribution in [2.45, 2.75) is 139 Å². The van der Waals surface area contributed by atoms with Gasteiger partial charge in [-0.15, -0.1) is 0 Å². The molecule has 0 aromatic heterocycles. The molecule has 4 fully saturated rings. The smallest absolute Gasteiger partial charge is 0.322 e. The van der Waals surface area contributed by atoms with Crippen molar-refractivity contribution in [1.29, 1.82) is 0 Å². The number of allylic oxidation sites excluding steroid dienone is 2. The first-order valence-corrected chi connectivity index (χ1v) is 19.2. The van der Waals surface area contributed by atoms with Gasteiger partial charge in [-0.25, -0.2) is 0 Å². The quantitative estimate of drug-likeness (QED) is 0.161. The molecule has 5 aliphatic carbocycles. The Labute approximate surface area is 304 Å². The summed E-state index contributed by atoms with van der Waals surface area (Å²) < 4.78 is 6.13. The number of nitrogens with zero attached hydrogens (tertiary/aromatic N) is 1. The maximum Gasteiger partial charge on any atom is 0.322 e. The highest BCUT2D eigenvalue weighted by Gasteiger charge is 2.70. The van der Waals surface area contributed by atoms with Gasteiger partial charge in [-0.2, -0.15) is 0 Å². The molecule has 0 saturated heterocycles. The van der Waals surface area contributed by atoms with E-state index in [4.69, 9.17) is 14.8 Å². The number of hydrogen-bond donors (Lipinski definition) is 3. The summed E-state index contributed by atoms with van der Waals surface area (Å²) in [5, 5.41) is 21.2. The van der Waals surface area contributed by atoms with Gasteiger partial charge in [-0.3, -0.25) is 29.0 Å². The number of esters is 1. The van der Waals surface area contributed by atoms with Crippen molar-refractivity contribution in [3.8, 4) is 0 Å². The Morgan fingerprint density at radius 1 is 0.922 bits per heavy atom. The van der Waals surface area contributed by atoms with E-state index in [1.165, 1.54) is 5.57 Å². The lowest BCUT2D eigenvalue weighted by molar-refractivity contribution is -0.232. The van der Waals surface area contributed by atoms with Gasteiger partial charge in [0.05, 0.1) is 18.3 Å². The highest BCUT2D eigenvalue weighted by molar-refractivity contribution is 6.13. The number of hydrogen-bond acceptors (Lipinski definition) is 7. The molecule has 5 aliphatic rings. The van der Waals surface area contributed by atoms with Crippen LogP contribution in [0, 0.1) is 56.2 Å². The van der Waals surface area contributed by atoms with Crippen LogP contribution in [0.1, 0.15) is 133 Å². The molecule has 0 radical (unpaired) electrons. The molecule has 0 aliphatic heterocycles. The Bertz CT molecular complexity index is 1560. The number of amides is 1. The summed E-state index contributed by atoms with van der Waals surface area (Å²) in [6, 6.07) is 0. The molecule has 8 atom stereocenters. The van der Waals surface area contributed by atoms with Crippen molar-refractivity contribution >= 4 is 35.3 Å². The van der Waals surface area contributed by atoms with Gasteiger partial charge in [0.1, 0.15) is 12.6 Å². The van der Waals surface area contributed by atoms with Crippen molar-refractivity contribution in [3.63, 3.8) is 0 Å². The van der Waals surface area contributed by atoms with Gasteiger partial charge in [0, 0.05) is 30.0 Å². The predicted octanol–water partition coefficient (Wildman–Crippen LogP) is 7.04. The third-order valence-corrected chi connectivity index (χ3v) is 15.4. The van der Waals surface area contributed by atoms with E-state index < -0.39 is 35.3 Å². The van der Waals surface area contributed by atoms with Crippen LogP contribution >= 0.6 is 0 Å². The molecular formula is C41H62N2O8. The maximum absolute atomic E-state index is 14.0. The average molecular weight is 711 g/mol. The molecule has 0 bridgehead atoms. The maximum atomic E-state index is 14.0. The summed E-state index contributed by atoms with van der Waals surface area (Å²) >= 11 is 0. The molecule has 51 heavy (non-hydrogen) atoms. The molecule has 0 heterocycles. The fraction of sp³-hybridized carbons (Fsp3) is 0.805. The second-order valence-corrected chi connectivity index (χ2v) is 19.0. The monoisotopic (exact) mass is 710 g/mol. The zero-order chi connectivity index (χ0) is 38.1. The number of ketones is 1. The number of aliphatic imine (C=N–C) groups is 1. The Morgan fingerprint density at radius 3 is 2.18 bits per heavy atom. The number of rotatable bonds is 10. The van der Waals surface area contributed by atoms with Gasteiger partial charge in [0.2, 0.25) is 5.91 Å². The number of ether oxygens (including phenoxy) is 1. The number of nitrogens with one attached hydrogen (secondary N) is 1. The summed E-state index contributed by atoms with van der Waals surface area (Å²) in [6.45, 7) is 18.8. The van der Waals surface area contributed by atoms with Crippen LogP contribution in [0.25, 0.3) is 0 Å². The summed E-state index contributed by atoms with van der Waals surface area (Å²) in [5.74, 6) is -1.83. The number of carbonyl (C=O) groups is 5. The zero-order valence-electron chi connectivity index (χ0n) is 32.7. The van der Waals surface area contributed by atoms with E-state index in [-0.39, 0.29) is 64.1 Å². The van der Waals surface area contributed by atoms with Crippen LogP contribution in [0.4, 0.5) is 0 Å². The van der Waals surface area contributed by atoms with Crippen LogP contribution in [0.5, 0.6) is 0 Å². The first-order valence-electron chi connectivity index (χ1n) is 19.2. The molecule has 10 nitrogen and oxygen atoms in total. The minimum absolute atomic E-state index is 0.0124. The van der Waals surface area contributed by atoms with Crippen LogP contribution in [0.2, 0.25) is 0 Å². The summed E-state index contributed by atoms with van der Waals surface area (Å²) in [5.41, 5.74) is 0.625. The highest BCUT2D eigenvalue weighted by atomic mass is 16.5. The highest BCUT2D eigenvalue weighted by Crippen LogP contribution is 2.77. The lowest BCUT2D eigenvalue weighted by Gasteiger charge is -2.72. The Balaban J connectivity index is 1.46. The minimum Gasteiger partial charge on any atom is -0.481 e. The average Bonchev–Trinajstić information content (AvgIpc) is 3.33. The molecule has 1 amide bonds. The Kier molecular flexibility index (Phi) is 10.1. The Morgan fingerprint density at radius 2 is 1.59 bits per heavy atom. The van der Waals surface area contributed by atoms with E-state index in [9.17, 15) is 29.1 Å². The molecule has 3 N–H and O–H groups in total. The van der Waals surface area contributed by atoms with Gasteiger partial charge in [0.15, 0.2) is 5.78 Å². The second kappa shape index (κ2) is 13.1. The van der Waals surface area contributed by atoms with Crippen LogP contribution in [0.3, 0.4) is 0 Å². The van der Waals surface area contributed by atoms with E-state index >= 15 is 0 Å². The van der Waals surface area contributed by atoms with Crippen molar-refractivity contribution in [3.05, 3.63) is 11.1 Å². The largest absolute Gasteiger partial charge is 0.481 e. The van der Waals surface area contributed by atoms with Gasteiger partial charge < -0.3 is 20.3 Å². The number of carboxylic acids is 2. The fourth-order valence-corrected chi connectivity index (χ4v) is 12.7. The predicted molar refractivity (Wildman–Crippen MR) is 194 cm³/mol. The first-order chi connectivity index (χ1) is 23.5. The van der Waals surface area contributed by atoms with E-state index in [1.54, 1.807) is 20.9 Å². The molecule has 284 valence electrons. The number of fused-ring (bicyclic) bond motifs is 7. The number of carboxylic acid groups (broad SMARTS) is 2. The molecular weight excluding hydrogens is 648 g/mol. The van der Waals surface area contributed by atoms with Gasteiger partial charge in [0.25, 0.3) is 0 Å². The third kappa shape index (κ3) is 6.08. The molecule has 10 heteroatoms. The second-order valence-electron chi connectivity index (χ2n) is 19.0. The fourth-order valence-electron chi connectivity index (χ4n) is 12.7. The molecule has 8 unspecified atom stereocenters. The number of aliphatic carboxylic acids is 2. The minimum atomic E-state index is -1.19. The van der Waals surface area contributed by atoms with Crippen LogP contribution in [0.15, 0.2) is 16.1 Å². The third-order valence-electron chi connectivity index (χ3n) is 15.4. The standard InChI is InChI=1S/C41H62N2O8/c1-23(2)33-25(44)20-41(28(42-10)19-30(45)43-22-31(46)47)18-17-39(8)24(34(33)41)11-12-27-38(7)15-14-29(51-32(48)21-36(3,4)35(49)50)37(5,6)26(38)13-16-40(27,39)9/h23-24,26-27,29H,11-22H2,1-10H3,(H,43,45)(H,46,47)(H,49,50). The SMILES string of the molecule is CN=C(CC(=O)NCC(=O)O)C12CCC3(C)C(CCC4C5(C)CCC(OC(=O)CC(C)(C)C(=O)O)C(C)(C)C5CCC43C)C1=C(C(C)C)C(=O)C2. The van der Waals surface area contributed by atoms with Crippen molar-refractivity contribution in [2.75, 3.05) is 13.6 Å². The summed E-state index contributed by atoms with van der Waals surface area (Å²) in [7, 11) is 1.69. The molecule has 0 aromatic rings. The molecule has 4 saturated carbocycles. The van der Waals surface area contributed by atoms with Crippen molar-refractivity contribution < 1.29 is 38.9 Å². The van der Waals surface area contributed by atoms with Crippen LogP contribution in [-0.2, 0) is 28.7 Å². The topological polar surface area (TPSA) is 159 Å². The van der Waals surface area contributed by atoms with Gasteiger partial charge in [-0.1, -0.05) is 48.5 Å². The van der Waals surface area contributed by atoms with Gasteiger partial charge in [-0.05, 0) is 116 Å². The summed E-state index contributed by atoms with van der Waals surface area (Å²) in [4.78, 5) is 67.7. The molecule has 0 aromatic carbocycles. The van der Waals surface area contributed by atoms with Crippen molar-refractivity contribution in [1.82, 2.24) is 5.32 Å².